The van der Waals surface area contributed by atoms with Crippen LogP contribution in [0.3, 0.4) is 0 Å². The highest BCUT2D eigenvalue weighted by molar-refractivity contribution is 6.08. The van der Waals surface area contributed by atoms with Crippen LogP contribution in [-0.2, 0) is 11.3 Å². The summed E-state index contributed by atoms with van der Waals surface area (Å²) in [5.74, 6) is 0.818. The number of aryl methyl sites for hydroxylation is 2. The molecular weight excluding hydrogens is 422 g/mol. The number of benzene rings is 3. The third kappa shape index (κ3) is 4.95. The topological polar surface area (TPSA) is 103 Å². The van der Waals surface area contributed by atoms with E-state index < -0.39 is 6.09 Å². The molecule has 0 saturated carbocycles. The molecule has 0 radical (unpaired) electrons. The summed E-state index contributed by atoms with van der Waals surface area (Å²) in [5.41, 5.74) is 3.12. The maximum atomic E-state index is 13.2. The number of carbonyl (C=O) groups is 2. The van der Waals surface area contributed by atoms with Crippen LogP contribution in [0, 0.1) is 13.8 Å². The lowest BCUT2D eigenvalue weighted by Gasteiger charge is -2.14. The summed E-state index contributed by atoms with van der Waals surface area (Å²) in [6, 6.07) is 18.1. The van der Waals surface area contributed by atoms with Gasteiger partial charge in [-0.05, 0) is 61.0 Å². The molecule has 168 valence electrons. The second-order valence-electron chi connectivity index (χ2n) is 7.43. The average Bonchev–Trinajstić information content (AvgIpc) is 3.15. The van der Waals surface area contributed by atoms with Crippen LogP contribution in [0.2, 0.25) is 0 Å². The average molecular weight is 445 g/mol. The van der Waals surface area contributed by atoms with Crippen molar-refractivity contribution in [3.63, 3.8) is 0 Å². The summed E-state index contributed by atoms with van der Waals surface area (Å²) in [6.45, 7) is 3.90. The molecule has 2 N–H and O–H groups in total. The van der Waals surface area contributed by atoms with E-state index in [0.29, 0.717) is 28.4 Å². The Labute approximate surface area is 190 Å². The second kappa shape index (κ2) is 9.44. The third-order valence-electron chi connectivity index (χ3n) is 5.22. The number of hydrogen-bond acceptors (Lipinski definition) is 6. The van der Waals surface area contributed by atoms with Gasteiger partial charge in [-0.25, -0.2) is 4.79 Å². The lowest BCUT2D eigenvalue weighted by atomic mass is 10.0. The summed E-state index contributed by atoms with van der Waals surface area (Å²) in [7, 11) is 1.29. The van der Waals surface area contributed by atoms with Crippen molar-refractivity contribution in [3.8, 4) is 5.75 Å². The minimum Gasteiger partial charge on any atom is -0.488 e. The highest BCUT2D eigenvalue weighted by Crippen LogP contribution is 2.29. The third-order valence-corrected chi connectivity index (χ3v) is 5.22. The zero-order valence-electron chi connectivity index (χ0n) is 18.5. The number of amides is 2. The molecule has 2 amide bonds. The van der Waals surface area contributed by atoms with Crippen LogP contribution in [-0.4, -0.2) is 24.3 Å². The van der Waals surface area contributed by atoms with Gasteiger partial charge in [-0.3, -0.25) is 10.1 Å². The summed E-state index contributed by atoms with van der Waals surface area (Å²) in [5, 5.41) is 11.3. The Morgan fingerprint density at radius 3 is 2.18 bits per heavy atom. The lowest BCUT2D eigenvalue weighted by molar-refractivity contribution is 0.102. The molecule has 1 aromatic heterocycles. The molecule has 0 atom stereocenters. The van der Waals surface area contributed by atoms with Gasteiger partial charge in [0.25, 0.3) is 5.91 Å². The Morgan fingerprint density at radius 1 is 0.939 bits per heavy atom. The van der Waals surface area contributed by atoms with E-state index in [2.05, 4.69) is 20.5 Å². The lowest BCUT2D eigenvalue weighted by Crippen LogP contribution is -2.14. The van der Waals surface area contributed by atoms with Gasteiger partial charge in [-0.15, -0.1) is 0 Å². The Bertz CT molecular complexity index is 1290. The van der Waals surface area contributed by atoms with E-state index in [-0.39, 0.29) is 12.5 Å². The molecule has 0 bridgehead atoms. The van der Waals surface area contributed by atoms with E-state index in [4.69, 9.17) is 9.26 Å². The number of nitrogens with zero attached hydrogens (tertiary/aromatic N) is 1. The highest BCUT2D eigenvalue weighted by Gasteiger charge is 2.17. The number of carbonyl (C=O) groups excluding carboxylic acids is 2. The number of anilines is 2. The Hall–Kier alpha value is -4.33. The van der Waals surface area contributed by atoms with E-state index in [1.165, 1.54) is 7.11 Å². The molecular formula is C25H23N3O5. The summed E-state index contributed by atoms with van der Waals surface area (Å²) in [4.78, 5) is 24.5. The van der Waals surface area contributed by atoms with Crippen molar-refractivity contribution in [1.82, 2.24) is 5.16 Å². The van der Waals surface area contributed by atoms with Crippen molar-refractivity contribution in [3.05, 3.63) is 83.2 Å². The minimum absolute atomic E-state index is 0.230. The summed E-state index contributed by atoms with van der Waals surface area (Å²) >= 11 is 0. The van der Waals surface area contributed by atoms with Gasteiger partial charge in [0.05, 0.1) is 23.9 Å². The summed E-state index contributed by atoms with van der Waals surface area (Å²) < 4.78 is 15.8. The van der Waals surface area contributed by atoms with Crippen LogP contribution in [0.15, 0.2) is 65.2 Å². The quantitative estimate of drug-likeness (QED) is 0.409. The first-order valence-corrected chi connectivity index (χ1v) is 10.3. The number of ether oxygens (including phenoxy) is 2. The molecule has 0 spiro atoms. The van der Waals surface area contributed by atoms with E-state index >= 15 is 0 Å². The van der Waals surface area contributed by atoms with Gasteiger partial charge < -0.3 is 19.3 Å². The molecule has 8 nitrogen and oxygen atoms in total. The molecule has 4 aromatic rings. The molecule has 8 heteroatoms. The van der Waals surface area contributed by atoms with Crippen molar-refractivity contribution in [1.29, 1.82) is 0 Å². The predicted molar refractivity (Wildman–Crippen MR) is 125 cm³/mol. The smallest absolute Gasteiger partial charge is 0.411 e. The van der Waals surface area contributed by atoms with Gasteiger partial charge in [-0.2, -0.15) is 0 Å². The van der Waals surface area contributed by atoms with Crippen molar-refractivity contribution < 1.29 is 23.6 Å². The SMILES string of the molecule is COC(=O)Nc1ccc(NC(=O)c2cc3ccccc3cc2OCc2c(C)noc2C)cc1. The predicted octanol–water partition coefficient (Wildman–Crippen LogP) is 5.45. The van der Waals surface area contributed by atoms with Crippen molar-refractivity contribution in [2.75, 3.05) is 17.7 Å². The maximum absolute atomic E-state index is 13.2. The molecule has 0 saturated heterocycles. The Morgan fingerprint density at radius 2 is 1.58 bits per heavy atom. The first-order valence-electron chi connectivity index (χ1n) is 10.3. The normalized spacial score (nSPS) is 10.6. The first kappa shape index (κ1) is 21.9. The van der Waals surface area contributed by atoms with Gasteiger partial charge in [-0.1, -0.05) is 29.4 Å². The zero-order chi connectivity index (χ0) is 23.4. The number of hydrogen-bond donors (Lipinski definition) is 2. The van der Waals surface area contributed by atoms with Crippen molar-refractivity contribution in [2.45, 2.75) is 20.5 Å². The van der Waals surface area contributed by atoms with Crippen molar-refractivity contribution >= 4 is 34.1 Å². The highest BCUT2D eigenvalue weighted by atomic mass is 16.5. The molecule has 0 fully saturated rings. The molecule has 3 aromatic carbocycles. The van der Waals surface area contributed by atoms with E-state index in [1.807, 2.05) is 44.2 Å². The van der Waals surface area contributed by atoms with E-state index in [0.717, 1.165) is 22.0 Å². The molecule has 0 aliphatic heterocycles. The largest absolute Gasteiger partial charge is 0.488 e. The first-order chi connectivity index (χ1) is 15.9. The van der Waals surface area contributed by atoms with Crippen LogP contribution in [0.1, 0.15) is 27.4 Å². The van der Waals surface area contributed by atoms with Crippen LogP contribution in [0.4, 0.5) is 16.2 Å². The van der Waals surface area contributed by atoms with Crippen LogP contribution < -0.4 is 15.4 Å². The monoisotopic (exact) mass is 445 g/mol. The minimum atomic E-state index is -0.567. The van der Waals surface area contributed by atoms with Gasteiger partial charge in [0.2, 0.25) is 0 Å². The molecule has 0 aliphatic rings. The van der Waals surface area contributed by atoms with Gasteiger partial charge in [0.15, 0.2) is 0 Å². The Balaban J connectivity index is 1.59. The van der Waals surface area contributed by atoms with Crippen molar-refractivity contribution in [2.24, 2.45) is 0 Å². The van der Waals surface area contributed by atoms with Gasteiger partial charge in [0, 0.05) is 11.4 Å². The van der Waals surface area contributed by atoms with Gasteiger partial charge >= 0.3 is 6.09 Å². The van der Waals surface area contributed by atoms with Gasteiger partial charge in [0.1, 0.15) is 18.1 Å². The number of aromatic nitrogens is 1. The fraction of sp³-hybridized carbons (Fsp3) is 0.160. The van der Waals surface area contributed by atoms with Crippen LogP contribution in [0.25, 0.3) is 10.8 Å². The molecule has 0 aliphatic carbocycles. The number of rotatable bonds is 6. The van der Waals surface area contributed by atoms with Crippen LogP contribution in [0.5, 0.6) is 5.75 Å². The number of fused-ring (bicyclic) bond motifs is 1. The number of methoxy groups -OCH3 is 1. The maximum Gasteiger partial charge on any atom is 0.411 e. The standard InChI is InChI=1S/C25H23N3O5/c1-15-22(16(2)33-28-15)14-32-23-13-18-7-5-4-6-17(18)12-21(23)24(29)26-19-8-10-20(11-9-19)27-25(30)31-3/h4-13H,14H2,1-3H3,(H,26,29)(H,27,30). The van der Waals surface area contributed by atoms with E-state index in [1.54, 1.807) is 30.3 Å². The zero-order valence-corrected chi connectivity index (χ0v) is 18.5. The fourth-order valence-electron chi connectivity index (χ4n) is 3.38. The molecule has 4 rings (SSSR count). The molecule has 33 heavy (non-hydrogen) atoms. The molecule has 0 unspecified atom stereocenters. The Kier molecular flexibility index (Phi) is 6.26. The fourth-order valence-corrected chi connectivity index (χ4v) is 3.38. The van der Waals surface area contributed by atoms with E-state index in [9.17, 15) is 9.59 Å². The molecule has 1 heterocycles. The summed E-state index contributed by atoms with van der Waals surface area (Å²) in [6.07, 6.45) is -0.567. The van der Waals surface area contributed by atoms with Crippen LogP contribution >= 0.6 is 0 Å². The number of nitrogens with one attached hydrogen (secondary N) is 2. The second-order valence-corrected chi connectivity index (χ2v) is 7.43.